The molecule has 0 aromatic carbocycles. The Kier molecular flexibility index (Phi) is 7.69. The van der Waals surface area contributed by atoms with Gasteiger partial charge in [-0.15, -0.1) is 0 Å². The van der Waals surface area contributed by atoms with Gasteiger partial charge in [0.1, 0.15) is 18.3 Å². The van der Waals surface area contributed by atoms with E-state index in [9.17, 15) is 5.11 Å². The monoisotopic (exact) mass is 358 g/mol. The number of ether oxygens (including phenoxy) is 2. The third kappa shape index (κ3) is 6.26. The third-order valence-corrected chi connectivity index (χ3v) is 9.53. The van der Waals surface area contributed by atoms with Gasteiger partial charge in [0.25, 0.3) is 0 Å². The SMILES string of the molecule is CCCC/C=C\[C@H](O)[C@@H]1OC(C)(C)O[C@@H]1CO[Si](C)(C)C(C)(C)C. The van der Waals surface area contributed by atoms with Crippen molar-refractivity contribution in [3.05, 3.63) is 12.2 Å². The van der Waals surface area contributed by atoms with Gasteiger partial charge in [-0.2, -0.15) is 0 Å². The van der Waals surface area contributed by atoms with Gasteiger partial charge in [-0.25, -0.2) is 0 Å². The molecule has 0 aromatic rings. The summed E-state index contributed by atoms with van der Waals surface area (Å²) in [6, 6.07) is 0. The number of aliphatic hydroxyl groups is 1. The Hall–Kier alpha value is -0.203. The number of hydrogen-bond acceptors (Lipinski definition) is 4. The fraction of sp³-hybridized carbons (Fsp3) is 0.895. The summed E-state index contributed by atoms with van der Waals surface area (Å²) >= 11 is 0. The molecule has 24 heavy (non-hydrogen) atoms. The van der Waals surface area contributed by atoms with Gasteiger partial charge in [-0.1, -0.05) is 52.7 Å². The van der Waals surface area contributed by atoms with Gasteiger partial charge in [-0.3, -0.25) is 0 Å². The fourth-order valence-corrected chi connectivity index (χ4v) is 3.47. The minimum Gasteiger partial charge on any atom is -0.414 e. The van der Waals surface area contributed by atoms with E-state index in [-0.39, 0.29) is 17.2 Å². The van der Waals surface area contributed by atoms with E-state index in [0.29, 0.717) is 6.61 Å². The standard InChI is InChI=1S/C19H38O4Si/c1-9-10-11-12-13-15(20)17-16(22-19(5,6)23-17)14-21-24(7,8)18(2,3)4/h12-13,15-17,20H,9-11,14H2,1-8H3/b13-12-/t15-,16+,17-/m0/s1. The van der Waals surface area contributed by atoms with Gasteiger partial charge in [-0.05, 0) is 38.4 Å². The molecule has 4 nitrogen and oxygen atoms in total. The molecule has 1 aliphatic heterocycles. The maximum atomic E-state index is 10.5. The van der Waals surface area contributed by atoms with E-state index in [1.54, 1.807) is 0 Å². The van der Waals surface area contributed by atoms with Crippen LogP contribution >= 0.6 is 0 Å². The normalized spacial score (nSPS) is 26.2. The van der Waals surface area contributed by atoms with E-state index in [0.717, 1.165) is 19.3 Å². The highest BCUT2D eigenvalue weighted by atomic mass is 28.4. The molecule has 1 saturated heterocycles. The molecule has 0 bridgehead atoms. The number of aliphatic hydroxyl groups excluding tert-OH is 1. The van der Waals surface area contributed by atoms with E-state index >= 15 is 0 Å². The van der Waals surface area contributed by atoms with Gasteiger partial charge in [0.05, 0.1) is 6.61 Å². The second-order valence-electron chi connectivity index (χ2n) is 8.77. The predicted octanol–water partition coefficient (Wildman–Crippen LogP) is 4.64. The van der Waals surface area contributed by atoms with Crippen LogP contribution in [0.4, 0.5) is 0 Å². The van der Waals surface area contributed by atoms with Crippen molar-refractivity contribution < 1.29 is 19.0 Å². The third-order valence-electron chi connectivity index (χ3n) is 5.03. The van der Waals surface area contributed by atoms with Crippen molar-refractivity contribution in [3.8, 4) is 0 Å². The fourth-order valence-electron chi connectivity index (χ4n) is 2.46. The molecule has 0 saturated carbocycles. The van der Waals surface area contributed by atoms with Crippen LogP contribution in [0.3, 0.4) is 0 Å². The molecular formula is C19H38O4Si. The van der Waals surface area contributed by atoms with Crippen molar-refractivity contribution in [3.63, 3.8) is 0 Å². The molecule has 0 unspecified atom stereocenters. The van der Waals surface area contributed by atoms with Crippen molar-refractivity contribution in [2.45, 2.75) is 103 Å². The van der Waals surface area contributed by atoms with E-state index < -0.39 is 20.2 Å². The van der Waals surface area contributed by atoms with E-state index in [1.807, 2.05) is 26.0 Å². The first-order valence-electron chi connectivity index (χ1n) is 9.24. The molecule has 1 aliphatic rings. The van der Waals surface area contributed by atoms with Crippen molar-refractivity contribution in [1.82, 2.24) is 0 Å². The highest BCUT2D eigenvalue weighted by Crippen LogP contribution is 2.38. The predicted molar refractivity (Wildman–Crippen MR) is 102 cm³/mol. The van der Waals surface area contributed by atoms with Gasteiger partial charge in [0, 0.05) is 0 Å². The Balaban J connectivity index is 2.70. The first-order chi connectivity index (χ1) is 10.9. The first kappa shape index (κ1) is 21.8. The lowest BCUT2D eigenvalue weighted by atomic mass is 10.1. The lowest BCUT2D eigenvalue weighted by Crippen LogP contribution is -2.45. The van der Waals surface area contributed by atoms with Crippen molar-refractivity contribution in [1.29, 1.82) is 0 Å². The van der Waals surface area contributed by atoms with Crippen molar-refractivity contribution in [2.75, 3.05) is 6.61 Å². The Bertz CT molecular complexity index is 412. The molecule has 5 heteroatoms. The minimum absolute atomic E-state index is 0.149. The molecule has 0 aliphatic carbocycles. The molecule has 142 valence electrons. The average molecular weight is 359 g/mol. The summed E-state index contributed by atoms with van der Waals surface area (Å²) in [7, 11) is -1.85. The second kappa shape index (κ2) is 8.45. The van der Waals surface area contributed by atoms with E-state index in [1.165, 1.54) is 0 Å². The van der Waals surface area contributed by atoms with Gasteiger partial charge < -0.3 is 19.0 Å². The first-order valence-corrected chi connectivity index (χ1v) is 12.1. The molecule has 1 rings (SSSR count). The Morgan fingerprint density at radius 1 is 1.25 bits per heavy atom. The molecular weight excluding hydrogens is 320 g/mol. The molecule has 0 radical (unpaired) electrons. The molecule has 0 spiro atoms. The maximum Gasteiger partial charge on any atom is 0.192 e. The Labute approximate surface area is 149 Å². The summed E-state index contributed by atoms with van der Waals surface area (Å²) in [6.07, 6.45) is 5.84. The quantitative estimate of drug-likeness (QED) is 0.390. The maximum absolute atomic E-state index is 10.5. The highest BCUT2D eigenvalue weighted by molar-refractivity contribution is 6.74. The zero-order valence-electron chi connectivity index (χ0n) is 16.9. The summed E-state index contributed by atoms with van der Waals surface area (Å²) < 4.78 is 18.2. The van der Waals surface area contributed by atoms with Crippen LogP contribution in [-0.4, -0.2) is 44.1 Å². The molecule has 0 aromatic heterocycles. The molecule has 0 amide bonds. The van der Waals surface area contributed by atoms with Crippen LogP contribution < -0.4 is 0 Å². The van der Waals surface area contributed by atoms with Crippen molar-refractivity contribution in [2.24, 2.45) is 0 Å². The number of rotatable bonds is 8. The molecule has 1 fully saturated rings. The molecule has 1 heterocycles. The highest BCUT2D eigenvalue weighted by Gasteiger charge is 2.46. The van der Waals surface area contributed by atoms with E-state index in [2.05, 4.69) is 40.8 Å². The van der Waals surface area contributed by atoms with Crippen LogP contribution in [0, 0.1) is 0 Å². The summed E-state index contributed by atoms with van der Waals surface area (Å²) in [5.41, 5.74) is 0. The number of hydrogen-bond donors (Lipinski definition) is 1. The minimum atomic E-state index is -1.85. The Morgan fingerprint density at radius 3 is 2.42 bits per heavy atom. The topological polar surface area (TPSA) is 47.9 Å². The van der Waals surface area contributed by atoms with Gasteiger partial charge in [0.15, 0.2) is 14.1 Å². The van der Waals surface area contributed by atoms with Crippen LogP contribution in [0.25, 0.3) is 0 Å². The lowest BCUT2D eigenvalue weighted by molar-refractivity contribution is -0.154. The van der Waals surface area contributed by atoms with Crippen LogP contribution in [0.2, 0.25) is 18.1 Å². The summed E-state index contributed by atoms with van der Waals surface area (Å²) in [5.74, 6) is -0.690. The number of unbranched alkanes of at least 4 members (excludes halogenated alkanes) is 2. The van der Waals surface area contributed by atoms with E-state index in [4.69, 9.17) is 13.9 Å². The largest absolute Gasteiger partial charge is 0.414 e. The Morgan fingerprint density at radius 2 is 1.88 bits per heavy atom. The summed E-state index contributed by atoms with van der Waals surface area (Å²) in [5, 5.41) is 10.7. The number of allylic oxidation sites excluding steroid dienone is 1. The molecule has 1 N–H and O–H groups in total. The second-order valence-corrected chi connectivity index (χ2v) is 13.6. The van der Waals surface area contributed by atoms with Gasteiger partial charge in [0.2, 0.25) is 0 Å². The zero-order valence-corrected chi connectivity index (χ0v) is 17.9. The van der Waals surface area contributed by atoms with Crippen LogP contribution in [0.15, 0.2) is 12.2 Å². The van der Waals surface area contributed by atoms with Crippen LogP contribution in [0.1, 0.15) is 60.8 Å². The zero-order chi connectivity index (χ0) is 18.6. The van der Waals surface area contributed by atoms with Crippen LogP contribution in [-0.2, 0) is 13.9 Å². The average Bonchev–Trinajstić information content (AvgIpc) is 2.75. The van der Waals surface area contributed by atoms with Crippen molar-refractivity contribution >= 4 is 8.32 Å². The smallest absolute Gasteiger partial charge is 0.192 e. The summed E-state index contributed by atoms with van der Waals surface area (Å²) in [4.78, 5) is 0. The summed E-state index contributed by atoms with van der Waals surface area (Å²) in [6.45, 7) is 17.5. The lowest BCUT2D eigenvalue weighted by Gasteiger charge is -2.37. The molecule has 3 atom stereocenters. The van der Waals surface area contributed by atoms with Crippen LogP contribution in [0.5, 0.6) is 0 Å². The van der Waals surface area contributed by atoms with Gasteiger partial charge >= 0.3 is 0 Å².